The molecule has 1 saturated heterocycles. The molecule has 1 aliphatic heterocycles. The van der Waals surface area contributed by atoms with Crippen molar-refractivity contribution in [3.63, 3.8) is 0 Å². The van der Waals surface area contributed by atoms with E-state index in [1.807, 2.05) is 42.2 Å². The van der Waals surface area contributed by atoms with Gasteiger partial charge in [0, 0.05) is 68.5 Å². The molecule has 0 spiro atoms. The highest BCUT2D eigenvalue weighted by Gasteiger charge is 2.24. The standard InChI is InChI=1S/C30H37FN8/c1-3-12-38-13-15-39(16-14-38)20-21-8-11-27(32-18-21)34-30-33-19-25(31)28(35-30)23-9-10-26-24(17-23)29(37(2)36-26)22-6-4-5-7-22/h8-11,17-19,22H,3-7,12-16,20H2,1-2H3,(H,32,33,34,35). The van der Waals surface area contributed by atoms with Gasteiger partial charge >= 0.3 is 0 Å². The summed E-state index contributed by atoms with van der Waals surface area (Å²) < 4.78 is 16.9. The van der Waals surface area contributed by atoms with E-state index in [1.54, 1.807) is 0 Å². The number of fused-ring (bicyclic) bond motifs is 1. The highest BCUT2D eigenvalue weighted by molar-refractivity contribution is 5.87. The van der Waals surface area contributed by atoms with Crippen molar-refractivity contribution in [2.24, 2.45) is 7.05 Å². The Hall–Kier alpha value is -3.43. The van der Waals surface area contributed by atoms with Crippen LogP contribution in [-0.4, -0.2) is 67.3 Å². The smallest absolute Gasteiger partial charge is 0.229 e. The SMILES string of the molecule is CCCN1CCN(Cc2ccc(Nc3ncc(F)c(-c4ccc5nn(C)c(C6CCCC6)c5c4)n3)nc2)CC1. The summed E-state index contributed by atoms with van der Waals surface area (Å²) in [6, 6.07) is 9.89. The second-order valence-electron chi connectivity index (χ2n) is 10.9. The summed E-state index contributed by atoms with van der Waals surface area (Å²) in [5, 5.41) is 8.94. The van der Waals surface area contributed by atoms with Gasteiger partial charge in [-0.1, -0.05) is 31.9 Å². The zero-order valence-corrected chi connectivity index (χ0v) is 22.9. The Labute approximate surface area is 229 Å². The summed E-state index contributed by atoms with van der Waals surface area (Å²) in [6.45, 7) is 8.73. The fourth-order valence-corrected chi connectivity index (χ4v) is 6.13. The van der Waals surface area contributed by atoms with Gasteiger partial charge < -0.3 is 10.2 Å². The first-order valence-corrected chi connectivity index (χ1v) is 14.2. The Balaban J connectivity index is 1.17. The van der Waals surface area contributed by atoms with E-state index < -0.39 is 5.82 Å². The molecule has 204 valence electrons. The molecule has 1 saturated carbocycles. The summed E-state index contributed by atoms with van der Waals surface area (Å²) in [5.74, 6) is 1.01. The summed E-state index contributed by atoms with van der Waals surface area (Å²) in [7, 11) is 2.01. The second kappa shape index (κ2) is 11.4. The molecule has 39 heavy (non-hydrogen) atoms. The number of aromatic nitrogens is 5. The highest BCUT2D eigenvalue weighted by Crippen LogP contribution is 2.38. The zero-order valence-electron chi connectivity index (χ0n) is 22.9. The van der Waals surface area contributed by atoms with Crippen molar-refractivity contribution in [1.82, 2.24) is 34.5 Å². The number of aryl methyl sites for hydroxylation is 1. The third-order valence-electron chi connectivity index (χ3n) is 8.11. The highest BCUT2D eigenvalue weighted by atomic mass is 19.1. The van der Waals surface area contributed by atoms with Crippen molar-refractivity contribution in [1.29, 1.82) is 0 Å². The predicted octanol–water partition coefficient (Wildman–Crippen LogP) is 5.49. The van der Waals surface area contributed by atoms with Crippen molar-refractivity contribution >= 4 is 22.7 Å². The molecule has 3 aromatic heterocycles. The summed E-state index contributed by atoms with van der Waals surface area (Å²) in [4.78, 5) is 18.3. The molecule has 0 amide bonds. The van der Waals surface area contributed by atoms with E-state index in [1.165, 1.54) is 56.1 Å². The van der Waals surface area contributed by atoms with Gasteiger partial charge in [-0.15, -0.1) is 0 Å². The number of anilines is 2. The van der Waals surface area contributed by atoms with Gasteiger partial charge in [0.2, 0.25) is 5.95 Å². The van der Waals surface area contributed by atoms with Crippen molar-refractivity contribution in [2.45, 2.75) is 51.5 Å². The Bertz CT molecular complexity index is 1420. The largest absolute Gasteiger partial charge is 0.309 e. The molecule has 1 aromatic carbocycles. The Morgan fingerprint density at radius 2 is 1.77 bits per heavy atom. The number of halogens is 1. The maximum absolute atomic E-state index is 14.9. The van der Waals surface area contributed by atoms with Gasteiger partial charge in [-0.3, -0.25) is 9.58 Å². The minimum Gasteiger partial charge on any atom is -0.309 e. The molecule has 9 heteroatoms. The van der Waals surface area contributed by atoms with E-state index in [0.29, 0.717) is 17.7 Å². The van der Waals surface area contributed by atoms with Crippen LogP contribution in [0.15, 0.2) is 42.7 Å². The third-order valence-corrected chi connectivity index (χ3v) is 8.11. The lowest BCUT2D eigenvalue weighted by Crippen LogP contribution is -2.45. The zero-order chi connectivity index (χ0) is 26.8. The van der Waals surface area contributed by atoms with Crippen LogP contribution in [0.5, 0.6) is 0 Å². The van der Waals surface area contributed by atoms with Gasteiger partial charge in [0.15, 0.2) is 5.82 Å². The van der Waals surface area contributed by atoms with Gasteiger partial charge in [0.05, 0.1) is 11.7 Å². The quantitative estimate of drug-likeness (QED) is 0.324. The van der Waals surface area contributed by atoms with Crippen molar-refractivity contribution in [3.05, 3.63) is 59.8 Å². The molecule has 1 N–H and O–H groups in total. The second-order valence-corrected chi connectivity index (χ2v) is 10.9. The molecule has 8 nitrogen and oxygen atoms in total. The number of rotatable bonds is 8. The van der Waals surface area contributed by atoms with Crippen LogP contribution in [0.2, 0.25) is 0 Å². The molecular formula is C30H37FN8. The first-order chi connectivity index (χ1) is 19.1. The van der Waals surface area contributed by atoms with E-state index in [9.17, 15) is 4.39 Å². The number of piperazine rings is 1. The maximum atomic E-state index is 14.9. The van der Waals surface area contributed by atoms with Crippen LogP contribution in [0.3, 0.4) is 0 Å². The lowest BCUT2D eigenvalue weighted by Gasteiger charge is -2.34. The molecule has 0 radical (unpaired) electrons. The molecule has 4 heterocycles. The lowest BCUT2D eigenvalue weighted by atomic mass is 9.98. The number of hydrogen-bond donors (Lipinski definition) is 1. The van der Waals surface area contributed by atoms with Crippen molar-refractivity contribution < 1.29 is 4.39 Å². The number of hydrogen-bond acceptors (Lipinski definition) is 7. The van der Waals surface area contributed by atoms with Crippen LogP contribution in [0.4, 0.5) is 16.2 Å². The van der Waals surface area contributed by atoms with E-state index in [2.05, 4.69) is 43.1 Å². The Kier molecular flexibility index (Phi) is 7.52. The van der Waals surface area contributed by atoms with Crippen LogP contribution in [0.1, 0.15) is 56.2 Å². The van der Waals surface area contributed by atoms with Gasteiger partial charge in [0.25, 0.3) is 0 Å². The first-order valence-electron chi connectivity index (χ1n) is 14.2. The van der Waals surface area contributed by atoms with E-state index in [0.717, 1.165) is 49.2 Å². The van der Waals surface area contributed by atoms with E-state index >= 15 is 0 Å². The maximum Gasteiger partial charge on any atom is 0.229 e. The average molecular weight is 529 g/mol. The van der Waals surface area contributed by atoms with Crippen LogP contribution in [-0.2, 0) is 13.6 Å². The molecule has 0 atom stereocenters. The first kappa shape index (κ1) is 25.8. The normalized spacial score (nSPS) is 17.3. The van der Waals surface area contributed by atoms with Crippen LogP contribution >= 0.6 is 0 Å². The molecule has 0 unspecified atom stereocenters. The van der Waals surface area contributed by atoms with Crippen LogP contribution in [0, 0.1) is 5.82 Å². The third kappa shape index (κ3) is 5.65. The molecule has 1 aliphatic carbocycles. The van der Waals surface area contributed by atoms with Crippen LogP contribution in [0.25, 0.3) is 22.2 Å². The Morgan fingerprint density at radius 3 is 2.51 bits per heavy atom. The fourth-order valence-electron chi connectivity index (χ4n) is 6.13. The number of nitrogens with zero attached hydrogens (tertiary/aromatic N) is 7. The summed E-state index contributed by atoms with van der Waals surface area (Å²) in [5.41, 5.74) is 4.34. The van der Waals surface area contributed by atoms with Gasteiger partial charge in [0.1, 0.15) is 11.5 Å². The number of pyridine rings is 1. The summed E-state index contributed by atoms with van der Waals surface area (Å²) >= 11 is 0. The minimum absolute atomic E-state index is 0.273. The average Bonchev–Trinajstić information content (AvgIpc) is 3.58. The molecular weight excluding hydrogens is 491 g/mol. The molecule has 0 bridgehead atoms. The van der Waals surface area contributed by atoms with Crippen LogP contribution < -0.4 is 5.32 Å². The summed E-state index contributed by atoms with van der Waals surface area (Å²) in [6.07, 6.45) is 9.18. The lowest BCUT2D eigenvalue weighted by molar-refractivity contribution is 0.127. The fraction of sp³-hybridized carbons (Fsp3) is 0.467. The van der Waals surface area contributed by atoms with Gasteiger partial charge in [-0.05, 0) is 49.6 Å². The molecule has 4 aromatic rings. The predicted molar refractivity (Wildman–Crippen MR) is 152 cm³/mol. The number of benzene rings is 1. The van der Waals surface area contributed by atoms with E-state index in [4.69, 9.17) is 5.10 Å². The van der Waals surface area contributed by atoms with E-state index in [-0.39, 0.29) is 5.69 Å². The molecule has 2 fully saturated rings. The molecule has 6 rings (SSSR count). The Morgan fingerprint density at radius 1 is 0.974 bits per heavy atom. The number of nitrogens with one attached hydrogen (secondary N) is 1. The minimum atomic E-state index is -0.450. The monoisotopic (exact) mass is 528 g/mol. The topological polar surface area (TPSA) is 75.0 Å². The van der Waals surface area contributed by atoms with Crippen molar-refractivity contribution in [2.75, 3.05) is 38.0 Å². The van der Waals surface area contributed by atoms with Crippen molar-refractivity contribution in [3.8, 4) is 11.3 Å². The van der Waals surface area contributed by atoms with Gasteiger partial charge in [-0.2, -0.15) is 5.10 Å². The molecule has 2 aliphatic rings. The van der Waals surface area contributed by atoms with Gasteiger partial charge in [-0.25, -0.2) is 19.3 Å².